The zero-order chi connectivity index (χ0) is 81.8. The summed E-state index contributed by atoms with van der Waals surface area (Å²) in [5.41, 5.74) is 6.19. The van der Waals surface area contributed by atoms with Crippen LogP contribution in [0.1, 0.15) is 406 Å². The highest BCUT2D eigenvalue weighted by atomic mass is 16.6. The number of aromatic hydroxyl groups is 1. The van der Waals surface area contributed by atoms with Gasteiger partial charge in [-0.1, -0.05) is 259 Å². The Labute approximate surface area is 686 Å². The van der Waals surface area contributed by atoms with Gasteiger partial charge in [-0.15, -0.1) is 0 Å². The molecule has 9 unspecified atom stereocenters. The van der Waals surface area contributed by atoms with E-state index in [2.05, 4.69) is 117 Å². The Bertz CT molecular complexity index is 3340. The van der Waals surface area contributed by atoms with Crippen LogP contribution in [0, 0.1) is 94.1 Å². The van der Waals surface area contributed by atoms with Crippen molar-refractivity contribution in [3.05, 3.63) is 84.2 Å². The van der Waals surface area contributed by atoms with Crippen molar-refractivity contribution in [2.24, 2.45) is 58.4 Å². The van der Waals surface area contributed by atoms with E-state index >= 15 is 0 Å². The van der Waals surface area contributed by atoms with Crippen molar-refractivity contribution in [2.45, 2.75) is 425 Å². The minimum Gasteiger partial charge on any atom is -0.507 e. The van der Waals surface area contributed by atoms with Crippen molar-refractivity contribution < 1.29 is 58.3 Å². The fraction of sp³-hybridized carbons (Fsp3) is 0.753. The molecule has 0 aromatic heterocycles. The lowest BCUT2D eigenvalue weighted by atomic mass is 9.83. The number of aliphatic hydroxyl groups is 1. The van der Waals surface area contributed by atoms with E-state index < -0.39 is 23.5 Å². The maximum absolute atomic E-state index is 12.6. The van der Waals surface area contributed by atoms with E-state index in [1.54, 1.807) is 13.8 Å². The van der Waals surface area contributed by atoms with E-state index in [1.807, 2.05) is 34.6 Å². The molecule has 0 saturated heterocycles. The van der Waals surface area contributed by atoms with Crippen LogP contribution in [0.25, 0.3) is 9.69 Å². The third-order valence-electron chi connectivity index (χ3n) is 23.2. The van der Waals surface area contributed by atoms with E-state index in [0.717, 1.165) is 150 Å². The van der Waals surface area contributed by atoms with Crippen LogP contribution in [0.3, 0.4) is 0 Å². The number of oxime groups is 1. The summed E-state index contributed by atoms with van der Waals surface area (Å²) in [6.45, 7) is 63.9. The highest BCUT2D eigenvalue weighted by molar-refractivity contribution is 6.25. The first-order chi connectivity index (χ1) is 50.6. The molecular weight excluding hydrogens is 1400 g/mol. The lowest BCUT2D eigenvalue weighted by molar-refractivity contribution is -0.156. The molecule has 15 heteroatoms. The number of carbonyl (C=O) groups is 5. The van der Waals surface area contributed by atoms with Gasteiger partial charge in [0.1, 0.15) is 34.2 Å². The molecule has 642 valence electrons. The number of esters is 3. The molecule has 0 spiro atoms. The number of phenolic OH excluding ortho intramolecular Hbond substituents is 1. The number of fused-ring (bicyclic) bond motifs is 2. The standard InChI is InChI=1S/C31H49NO3.C29H49NO3.C29H47NO3.C4H6O3.4CH4/c1-21(2)13-10-14-22(3)15-11-16-23(4)17-12-19-31(8)20-18-27-24(5)30(34-26(7)33)28(32-9)25(6)29(27)35-31;1-20(2)11-8-12-21(3)13-9-14-22(4)15-10-17-29(7)18-16-25-23(5)27(31)26(19-30-32)24(6)28(25)33-29;1-20(2)12-9-13-21(3)14-10-15-22(4)16-11-18-29(7,33)19-17-25-23(5)28(32)26(30-8)24(6)27(25)31;1-3(5)7-4(2)6;;;;/h21-23H,10-20H2,1-8H3;19-22,31-32H,8-18H2,1-7H3;20-22,33H,9-19H2,1-7H3;1-2H3;4*1H4/b;30-19+;;;;;;. The number of phenols is 1. The van der Waals surface area contributed by atoms with Crippen LogP contribution in [-0.4, -0.2) is 67.9 Å². The summed E-state index contributed by atoms with van der Waals surface area (Å²) in [6.07, 6.45) is 39.6. The van der Waals surface area contributed by atoms with Gasteiger partial charge in [-0.2, -0.15) is 0 Å². The van der Waals surface area contributed by atoms with Crippen LogP contribution in [0.4, 0.5) is 5.69 Å². The molecule has 0 amide bonds. The average Bonchev–Trinajstić information content (AvgIpc) is 0.756. The van der Waals surface area contributed by atoms with Crippen molar-refractivity contribution in [2.75, 3.05) is 0 Å². The Kier molecular flexibility index (Phi) is 54.2. The van der Waals surface area contributed by atoms with Crippen molar-refractivity contribution in [3.8, 4) is 23.0 Å². The van der Waals surface area contributed by atoms with Crippen LogP contribution < -0.4 is 14.2 Å². The highest BCUT2D eigenvalue weighted by Crippen LogP contribution is 2.50. The predicted octanol–water partition coefficient (Wildman–Crippen LogP) is 27.9. The van der Waals surface area contributed by atoms with Crippen molar-refractivity contribution in [1.29, 1.82) is 0 Å². The smallest absolute Gasteiger partial charge is 0.310 e. The number of ether oxygens (including phenoxy) is 4. The number of Topliss-reactive ketones (excluding diaryl/α,β-unsaturated/α-hetero) is 2. The number of rotatable bonds is 41. The summed E-state index contributed by atoms with van der Waals surface area (Å²) in [5.74, 6) is 7.37. The molecule has 15 nitrogen and oxygen atoms in total. The molecule has 3 aliphatic rings. The number of benzene rings is 2. The lowest BCUT2D eigenvalue weighted by Crippen LogP contribution is -2.37. The van der Waals surface area contributed by atoms with Gasteiger partial charge >= 0.3 is 17.9 Å². The fourth-order valence-electron chi connectivity index (χ4n) is 15.8. The van der Waals surface area contributed by atoms with Crippen molar-refractivity contribution in [1.82, 2.24) is 0 Å². The number of ketones is 2. The molecule has 112 heavy (non-hydrogen) atoms. The first kappa shape index (κ1) is 110. The van der Waals surface area contributed by atoms with Crippen LogP contribution in [0.2, 0.25) is 0 Å². The van der Waals surface area contributed by atoms with Gasteiger partial charge in [0.15, 0.2) is 11.6 Å². The number of nitrogens with zero attached hydrogens (tertiary/aromatic N) is 3. The summed E-state index contributed by atoms with van der Waals surface area (Å²) in [5, 5.41) is 33.5. The van der Waals surface area contributed by atoms with E-state index in [4.69, 9.17) is 32.6 Å². The molecule has 5 rings (SSSR count). The molecule has 2 aliphatic heterocycles. The van der Waals surface area contributed by atoms with Crippen LogP contribution in [-0.2, 0) is 41.6 Å². The molecule has 2 aromatic carbocycles. The molecule has 9 atom stereocenters. The van der Waals surface area contributed by atoms with E-state index in [1.165, 1.54) is 162 Å². The molecule has 2 heterocycles. The number of hydrogen-bond acceptors (Lipinski definition) is 13. The summed E-state index contributed by atoms with van der Waals surface area (Å²) >= 11 is 0. The van der Waals surface area contributed by atoms with E-state index in [-0.39, 0.29) is 69.5 Å². The Morgan fingerprint density at radius 3 is 1.21 bits per heavy atom. The highest BCUT2D eigenvalue weighted by Gasteiger charge is 2.38. The molecule has 0 radical (unpaired) electrons. The molecule has 0 fully saturated rings. The Hall–Kier alpha value is -6.32. The second kappa shape index (κ2) is 55.3. The SMILES string of the molecule is C.C.C.C.CC(=O)OC(C)=O.Cc1c(O)c(/C=N/O)c(C)c2c1CCC(C)(CCCC(C)CCCC(C)CCCC(C)C)O2.[C-]#[N+]C1=C(C)C(=O)C(CCC(C)(O)CCCC(C)CCCC(C)CCCC(C)C)=C(C)C1=O.[C-]#[N+]c1c(C)c2c(c(C)c1OC(C)=O)CCC(C)(CCCC(C)CCCC(C)CCCC(C)C)O2. The Morgan fingerprint density at radius 1 is 0.509 bits per heavy atom. The Balaban J connectivity index is -0.00000150. The summed E-state index contributed by atoms with van der Waals surface area (Å²) < 4.78 is 22.6. The zero-order valence-electron chi connectivity index (χ0n) is 72.5. The van der Waals surface area contributed by atoms with Crippen molar-refractivity contribution >= 4 is 41.4 Å². The normalized spacial score (nSPS) is 17.8. The van der Waals surface area contributed by atoms with Gasteiger partial charge < -0.3 is 39.2 Å². The first-order valence-corrected chi connectivity index (χ1v) is 42.0. The van der Waals surface area contributed by atoms with E-state index in [9.17, 15) is 34.2 Å². The second-order valence-corrected chi connectivity index (χ2v) is 35.6. The maximum Gasteiger partial charge on any atom is 0.310 e. The predicted molar refractivity (Wildman–Crippen MR) is 471 cm³/mol. The first-order valence-electron chi connectivity index (χ1n) is 42.0. The van der Waals surface area contributed by atoms with Gasteiger partial charge in [0.05, 0.1) is 25.0 Å². The van der Waals surface area contributed by atoms with Crippen LogP contribution in [0.15, 0.2) is 27.6 Å². The minimum absolute atomic E-state index is 0. The monoisotopic (exact) mass is 1570 g/mol. The minimum atomic E-state index is -0.862. The molecule has 3 N–H and O–H groups in total. The van der Waals surface area contributed by atoms with Crippen LogP contribution in [0.5, 0.6) is 23.0 Å². The molecular formula is C97H167N3O12. The zero-order valence-corrected chi connectivity index (χ0v) is 72.5. The molecule has 2 aromatic rings. The third-order valence-corrected chi connectivity index (χ3v) is 23.2. The van der Waals surface area contributed by atoms with Crippen LogP contribution >= 0.6 is 0 Å². The number of carbonyl (C=O) groups excluding carboxylic acids is 5. The second-order valence-electron chi connectivity index (χ2n) is 35.6. The largest absolute Gasteiger partial charge is 0.507 e. The van der Waals surface area contributed by atoms with Gasteiger partial charge in [0.2, 0.25) is 11.4 Å². The summed E-state index contributed by atoms with van der Waals surface area (Å²) in [6, 6.07) is 0. The summed E-state index contributed by atoms with van der Waals surface area (Å²) in [7, 11) is 0. The number of allylic oxidation sites excluding steroid dienone is 3. The average molecular weight is 1570 g/mol. The maximum atomic E-state index is 12.6. The van der Waals surface area contributed by atoms with Crippen molar-refractivity contribution in [3.63, 3.8) is 0 Å². The van der Waals surface area contributed by atoms with Gasteiger partial charge in [0.25, 0.3) is 0 Å². The summed E-state index contributed by atoms with van der Waals surface area (Å²) in [4.78, 5) is 63.1. The fourth-order valence-corrected chi connectivity index (χ4v) is 15.8. The molecule has 1 aliphatic carbocycles. The van der Waals surface area contributed by atoms with Gasteiger partial charge in [0, 0.05) is 54.2 Å². The lowest BCUT2D eigenvalue weighted by Gasteiger charge is -2.38. The Morgan fingerprint density at radius 2 is 0.866 bits per heavy atom. The van der Waals surface area contributed by atoms with Gasteiger partial charge in [-0.3, -0.25) is 19.2 Å². The molecule has 0 bridgehead atoms. The topological polar surface area (TPSA) is 204 Å². The van der Waals surface area contributed by atoms with Gasteiger partial charge in [-0.25, -0.2) is 9.69 Å². The number of hydrogen-bond donors (Lipinski definition) is 3. The van der Waals surface area contributed by atoms with Gasteiger partial charge in [-0.05, 0) is 208 Å². The molecule has 0 saturated carbocycles. The quantitative estimate of drug-likeness (QED) is 0.00832. The third kappa shape index (κ3) is 39.8. The van der Waals surface area contributed by atoms with E-state index in [0.29, 0.717) is 53.3 Å².